The molecule has 3 aromatic rings. The molecule has 2 fully saturated rings. The summed E-state index contributed by atoms with van der Waals surface area (Å²) < 4.78 is 7.81. The maximum Gasteiger partial charge on any atom is 0.229 e. The van der Waals surface area contributed by atoms with Gasteiger partial charge < -0.3 is 29.7 Å². The molecule has 8 nitrogen and oxygen atoms in total. The zero-order valence-electron chi connectivity index (χ0n) is 17.7. The average molecular weight is 408 g/mol. The van der Waals surface area contributed by atoms with E-state index in [4.69, 9.17) is 14.7 Å². The molecule has 4 heterocycles. The molecule has 2 aliphatic heterocycles. The highest BCUT2D eigenvalue weighted by Gasteiger charge is 2.24. The van der Waals surface area contributed by atoms with E-state index in [2.05, 4.69) is 44.2 Å². The molecule has 0 spiro atoms. The van der Waals surface area contributed by atoms with Gasteiger partial charge in [-0.1, -0.05) is 12.1 Å². The minimum Gasteiger partial charge on any atom is -0.496 e. The third-order valence-electron chi connectivity index (χ3n) is 6.05. The van der Waals surface area contributed by atoms with Gasteiger partial charge in [-0.05, 0) is 18.2 Å². The Kier molecular flexibility index (Phi) is 5.18. The first kappa shape index (κ1) is 19.1. The highest BCUT2D eigenvalue weighted by molar-refractivity contribution is 5.94. The van der Waals surface area contributed by atoms with Crippen molar-refractivity contribution >= 4 is 22.8 Å². The van der Waals surface area contributed by atoms with E-state index in [0.717, 1.165) is 92.2 Å². The molecular formula is C22H29N7O. The second-order valence-electron chi connectivity index (χ2n) is 7.85. The number of para-hydroxylation sites is 1. The molecule has 2 aliphatic rings. The first-order valence-electron chi connectivity index (χ1n) is 10.7. The van der Waals surface area contributed by atoms with Gasteiger partial charge in [0.2, 0.25) is 5.95 Å². The summed E-state index contributed by atoms with van der Waals surface area (Å²) in [7, 11) is 3.80. The van der Waals surface area contributed by atoms with Crippen molar-refractivity contribution in [2.45, 2.75) is 0 Å². The number of ether oxygens (including phenoxy) is 1. The van der Waals surface area contributed by atoms with Crippen LogP contribution in [0, 0.1) is 0 Å². The molecular weight excluding hydrogens is 378 g/mol. The van der Waals surface area contributed by atoms with E-state index < -0.39 is 0 Å². The van der Waals surface area contributed by atoms with Crippen molar-refractivity contribution < 1.29 is 4.74 Å². The lowest BCUT2D eigenvalue weighted by Crippen LogP contribution is -2.45. The molecule has 0 amide bonds. The molecule has 2 saturated heterocycles. The first-order chi connectivity index (χ1) is 14.8. The van der Waals surface area contributed by atoms with Gasteiger partial charge in [0.15, 0.2) is 0 Å². The largest absolute Gasteiger partial charge is 0.496 e. The topological polar surface area (TPSA) is 70.5 Å². The number of aryl methyl sites for hydroxylation is 1. The fraction of sp³-hybridized carbons (Fsp3) is 0.455. The van der Waals surface area contributed by atoms with E-state index >= 15 is 0 Å². The number of nitrogens with zero attached hydrogens (tertiary/aromatic N) is 5. The van der Waals surface area contributed by atoms with Gasteiger partial charge in [-0.15, -0.1) is 0 Å². The van der Waals surface area contributed by atoms with Crippen LogP contribution < -0.4 is 25.2 Å². The van der Waals surface area contributed by atoms with Crippen LogP contribution in [0.5, 0.6) is 5.75 Å². The summed E-state index contributed by atoms with van der Waals surface area (Å²) in [6.07, 6.45) is 0. The number of hydrogen-bond donors (Lipinski definition) is 2. The SMILES string of the molecule is COc1ccccc1-c1cc2c(N3CCNCC3)nc(N3CCNCC3)nc2n1C. The molecule has 0 unspecified atom stereocenters. The number of aromatic nitrogens is 3. The Hall–Kier alpha value is -2.84. The first-order valence-corrected chi connectivity index (χ1v) is 10.7. The van der Waals surface area contributed by atoms with Crippen molar-refractivity contribution in [2.75, 3.05) is 69.3 Å². The summed E-state index contributed by atoms with van der Waals surface area (Å²) in [5.41, 5.74) is 3.12. The molecule has 0 radical (unpaired) electrons. The van der Waals surface area contributed by atoms with Crippen LogP contribution in [-0.4, -0.2) is 74.0 Å². The third kappa shape index (κ3) is 3.36. The summed E-state index contributed by atoms with van der Waals surface area (Å²) in [6.45, 7) is 7.62. The van der Waals surface area contributed by atoms with E-state index in [1.165, 1.54) is 0 Å². The normalized spacial score (nSPS) is 17.5. The summed E-state index contributed by atoms with van der Waals surface area (Å²) in [6, 6.07) is 10.4. The van der Waals surface area contributed by atoms with Crippen molar-refractivity contribution in [3.63, 3.8) is 0 Å². The fourth-order valence-electron chi connectivity index (χ4n) is 4.41. The zero-order chi connectivity index (χ0) is 20.5. The predicted octanol–water partition coefficient (Wildman–Crippen LogP) is 1.46. The molecule has 0 saturated carbocycles. The van der Waals surface area contributed by atoms with Crippen LogP contribution in [0.1, 0.15) is 0 Å². The highest BCUT2D eigenvalue weighted by Crippen LogP contribution is 2.36. The Morgan fingerprint density at radius 3 is 2.27 bits per heavy atom. The number of fused-ring (bicyclic) bond motifs is 1. The maximum absolute atomic E-state index is 5.63. The molecule has 0 bridgehead atoms. The molecule has 0 aliphatic carbocycles. The van der Waals surface area contributed by atoms with E-state index in [1.807, 2.05) is 18.2 Å². The fourth-order valence-corrected chi connectivity index (χ4v) is 4.41. The lowest BCUT2D eigenvalue weighted by Gasteiger charge is -2.31. The minimum atomic E-state index is 0.824. The van der Waals surface area contributed by atoms with E-state index in [9.17, 15) is 0 Å². The molecule has 30 heavy (non-hydrogen) atoms. The predicted molar refractivity (Wildman–Crippen MR) is 121 cm³/mol. The molecule has 5 rings (SSSR count). The van der Waals surface area contributed by atoms with Gasteiger partial charge in [0, 0.05) is 65.0 Å². The van der Waals surface area contributed by atoms with Crippen LogP contribution >= 0.6 is 0 Å². The van der Waals surface area contributed by atoms with Crippen LogP contribution in [0.3, 0.4) is 0 Å². The monoisotopic (exact) mass is 407 g/mol. The molecule has 2 aromatic heterocycles. The zero-order valence-corrected chi connectivity index (χ0v) is 17.7. The van der Waals surface area contributed by atoms with E-state index in [-0.39, 0.29) is 0 Å². The highest BCUT2D eigenvalue weighted by atomic mass is 16.5. The number of anilines is 2. The number of nitrogens with one attached hydrogen (secondary N) is 2. The number of rotatable bonds is 4. The summed E-state index contributed by atoms with van der Waals surface area (Å²) in [5.74, 6) is 2.72. The van der Waals surface area contributed by atoms with E-state index in [1.54, 1.807) is 7.11 Å². The third-order valence-corrected chi connectivity index (χ3v) is 6.05. The van der Waals surface area contributed by atoms with Gasteiger partial charge in [0.1, 0.15) is 17.2 Å². The molecule has 1 aromatic carbocycles. The van der Waals surface area contributed by atoms with Crippen LogP contribution in [0.4, 0.5) is 11.8 Å². The average Bonchev–Trinajstić information content (AvgIpc) is 3.16. The van der Waals surface area contributed by atoms with Gasteiger partial charge in [-0.3, -0.25) is 0 Å². The summed E-state index contributed by atoms with van der Waals surface area (Å²) in [5, 5.41) is 7.95. The van der Waals surface area contributed by atoms with Crippen LogP contribution in [-0.2, 0) is 7.05 Å². The van der Waals surface area contributed by atoms with Crippen molar-refractivity contribution in [1.82, 2.24) is 25.2 Å². The van der Waals surface area contributed by atoms with Gasteiger partial charge in [0.25, 0.3) is 0 Å². The lowest BCUT2D eigenvalue weighted by atomic mass is 10.1. The second kappa shape index (κ2) is 8.12. The van der Waals surface area contributed by atoms with Gasteiger partial charge in [-0.25, -0.2) is 0 Å². The lowest BCUT2D eigenvalue weighted by molar-refractivity contribution is 0.416. The summed E-state index contributed by atoms with van der Waals surface area (Å²) in [4.78, 5) is 14.8. The molecule has 8 heteroatoms. The quantitative estimate of drug-likeness (QED) is 0.679. The van der Waals surface area contributed by atoms with E-state index in [0.29, 0.717) is 0 Å². The Morgan fingerprint density at radius 2 is 1.57 bits per heavy atom. The smallest absolute Gasteiger partial charge is 0.229 e. The molecule has 0 atom stereocenters. The van der Waals surface area contributed by atoms with Crippen molar-refractivity contribution in [1.29, 1.82) is 0 Å². The Bertz CT molecular complexity index is 1040. The second-order valence-corrected chi connectivity index (χ2v) is 7.85. The van der Waals surface area contributed by atoms with Crippen molar-refractivity contribution in [2.24, 2.45) is 7.05 Å². The standard InChI is InChI=1S/C22H29N7O/c1-27-18(16-5-3-4-6-19(16)30-2)15-17-20(27)25-22(29-13-9-24-10-14-29)26-21(17)28-11-7-23-8-12-28/h3-6,15,23-24H,7-14H2,1-2H3. The van der Waals surface area contributed by atoms with Crippen LogP contribution in [0.15, 0.2) is 30.3 Å². The number of piperazine rings is 2. The van der Waals surface area contributed by atoms with Gasteiger partial charge in [0.05, 0.1) is 18.2 Å². The summed E-state index contributed by atoms with van der Waals surface area (Å²) >= 11 is 0. The number of benzene rings is 1. The Labute approximate surface area is 176 Å². The Morgan fingerprint density at radius 1 is 0.900 bits per heavy atom. The Balaban J connectivity index is 1.69. The van der Waals surface area contributed by atoms with Crippen molar-refractivity contribution in [3.05, 3.63) is 30.3 Å². The van der Waals surface area contributed by atoms with Gasteiger partial charge >= 0.3 is 0 Å². The minimum absolute atomic E-state index is 0.824. The molecule has 2 N–H and O–H groups in total. The van der Waals surface area contributed by atoms with Crippen molar-refractivity contribution in [3.8, 4) is 17.0 Å². The van der Waals surface area contributed by atoms with Crippen LogP contribution in [0.2, 0.25) is 0 Å². The maximum atomic E-state index is 5.63. The van der Waals surface area contributed by atoms with Gasteiger partial charge in [-0.2, -0.15) is 9.97 Å². The number of methoxy groups -OCH3 is 1. The number of hydrogen-bond acceptors (Lipinski definition) is 7. The molecule has 158 valence electrons. The van der Waals surface area contributed by atoms with Crippen LogP contribution in [0.25, 0.3) is 22.3 Å².